The molecule has 4 aromatic rings. The van der Waals surface area contributed by atoms with Gasteiger partial charge in [-0.3, -0.25) is 14.9 Å². The number of carbonyl (C=O) groups is 2. The number of carbonyl (C=O) groups excluding carboxylic acids is 2. The lowest BCUT2D eigenvalue weighted by atomic mass is 10.1. The number of nitrogens with zero attached hydrogens (tertiary/aromatic N) is 5. The van der Waals surface area contributed by atoms with Crippen LogP contribution in [0.3, 0.4) is 0 Å². The topological polar surface area (TPSA) is 135 Å². The van der Waals surface area contributed by atoms with E-state index >= 15 is 0 Å². The monoisotopic (exact) mass is 485 g/mol. The molecular formula is C21H20FN7O4S. The number of aryl methyl sites for hydroxylation is 2. The smallest absolute Gasteiger partial charge is 0.321 e. The fourth-order valence-electron chi connectivity index (χ4n) is 3.26. The molecule has 3 heterocycles. The maximum atomic E-state index is 13.2. The van der Waals surface area contributed by atoms with E-state index in [-0.39, 0.29) is 52.0 Å². The average Bonchev–Trinajstić information content (AvgIpc) is 3.37. The summed E-state index contributed by atoms with van der Waals surface area (Å²) in [5.74, 6) is -0.246. The summed E-state index contributed by atoms with van der Waals surface area (Å²) in [5.41, 5.74) is 0.456. The summed E-state index contributed by atoms with van der Waals surface area (Å²) in [7, 11) is 3.08. The van der Waals surface area contributed by atoms with Gasteiger partial charge >= 0.3 is 6.03 Å². The highest BCUT2D eigenvalue weighted by Gasteiger charge is 2.25. The van der Waals surface area contributed by atoms with E-state index in [0.29, 0.717) is 11.4 Å². The molecule has 2 N–H and O–H groups in total. The zero-order chi connectivity index (χ0) is 24.4. The van der Waals surface area contributed by atoms with Crippen molar-refractivity contribution in [3.63, 3.8) is 0 Å². The Balaban J connectivity index is 1.40. The second-order valence-electron chi connectivity index (χ2n) is 7.49. The summed E-state index contributed by atoms with van der Waals surface area (Å²) in [5, 5.41) is 5.50. The summed E-state index contributed by atoms with van der Waals surface area (Å²) >= 11 is 0.950. The number of amides is 3. The third-order valence-electron chi connectivity index (χ3n) is 4.92. The van der Waals surface area contributed by atoms with Gasteiger partial charge in [0.25, 0.3) is 11.5 Å². The largest absolute Gasteiger partial charge is 0.442 e. The number of furan rings is 1. The second kappa shape index (κ2) is 9.39. The second-order valence-corrected chi connectivity index (χ2v) is 8.24. The van der Waals surface area contributed by atoms with E-state index in [1.807, 2.05) is 0 Å². The number of aromatic nitrogens is 4. The maximum Gasteiger partial charge on any atom is 0.321 e. The van der Waals surface area contributed by atoms with Crippen LogP contribution in [0.5, 0.6) is 0 Å². The van der Waals surface area contributed by atoms with Crippen molar-refractivity contribution in [3.05, 3.63) is 69.5 Å². The molecule has 1 aromatic carbocycles. The standard InChI is InChI=1S/C21H20FN7O4S/c1-11-15(16-17(33-11)24-10-29(3)19(16)31)18(30)28(2)9-14-25-21(34-27-14)26-20(32)23-8-12-5-4-6-13(22)7-12/h4-7,10H,8-9H2,1-3H3,(H2,23,25,26,27,32). The first-order valence-corrected chi connectivity index (χ1v) is 10.8. The minimum atomic E-state index is -0.528. The van der Waals surface area contributed by atoms with Crippen LogP contribution in [-0.4, -0.2) is 42.8 Å². The Hall–Kier alpha value is -4.13. The first kappa shape index (κ1) is 23.0. The van der Waals surface area contributed by atoms with Gasteiger partial charge in [-0.2, -0.15) is 4.37 Å². The van der Waals surface area contributed by atoms with E-state index in [0.717, 1.165) is 11.5 Å². The lowest BCUT2D eigenvalue weighted by Crippen LogP contribution is -2.29. The molecule has 3 aromatic heterocycles. The minimum absolute atomic E-state index is 0.0363. The van der Waals surface area contributed by atoms with E-state index in [9.17, 15) is 18.8 Å². The van der Waals surface area contributed by atoms with E-state index in [1.54, 1.807) is 26.1 Å². The first-order valence-electron chi connectivity index (χ1n) is 10.0. The minimum Gasteiger partial charge on any atom is -0.442 e. The van der Waals surface area contributed by atoms with Crippen LogP contribution in [0, 0.1) is 12.7 Å². The molecule has 11 nitrogen and oxygen atoms in total. The van der Waals surface area contributed by atoms with Crippen molar-refractivity contribution >= 4 is 39.7 Å². The highest BCUT2D eigenvalue weighted by Crippen LogP contribution is 2.23. The van der Waals surface area contributed by atoms with Crippen LogP contribution in [0.4, 0.5) is 14.3 Å². The van der Waals surface area contributed by atoms with Crippen molar-refractivity contribution in [3.8, 4) is 0 Å². The van der Waals surface area contributed by atoms with Gasteiger partial charge in [0.1, 0.15) is 23.3 Å². The molecule has 0 saturated carbocycles. The molecule has 0 radical (unpaired) electrons. The highest BCUT2D eigenvalue weighted by molar-refractivity contribution is 7.09. The molecule has 0 spiro atoms. The molecule has 0 fully saturated rings. The molecule has 0 aliphatic carbocycles. The normalized spacial score (nSPS) is 10.9. The van der Waals surface area contributed by atoms with Crippen molar-refractivity contribution in [2.45, 2.75) is 20.0 Å². The molecule has 34 heavy (non-hydrogen) atoms. The average molecular weight is 486 g/mol. The Bertz CT molecular complexity index is 1440. The predicted octanol–water partition coefficient (Wildman–Crippen LogP) is 2.42. The van der Waals surface area contributed by atoms with E-state index < -0.39 is 11.9 Å². The van der Waals surface area contributed by atoms with Crippen LogP contribution in [0.15, 0.2) is 39.8 Å². The fourth-order valence-corrected chi connectivity index (χ4v) is 3.83. The van der Waals surface area contributed by atoms with Crippen molar-refractivity contribution in [2.75, 3.05) is 12.4 Å². The van der Waals surface area contributed by atoms with Crippen molar-refractivity contribution in [1.29, 1.82) is 0 Å². The maximum absolute atomic E-state index is 13.2. The third-order valence-corrected chi connectivity index (χ3v) is 5.59. The third kappa shape index (κ3) is 4.78. The van der Waals surface area contributed by atoms with Gasteiger partial charge in [-0.1, -0.05) is 12.1 Å². The molecule has 176 valence electrons. The molecule has 0 bridgehead atoms. The van der Waals surface area contributed by atoms with Crippen molar-refractivity contribution in [2.24, 2.45) is 7.05 Å². The first-order chi connectivity index (χ1) is 16.2. The molecule has 13 heteroatoms. The number of rotatable bonds is 6. The van der Waals surface area contributed by atoms with Gasteiger partial charge in [0.15, 0.2) is 5.82 Å². The zero-order valence-corrected chi connectivity index (χ0v) is 19.3. The Morgan fingerprint density at radius 2 is 2.12 bits per heavy atom. The zero-order valence-electron chi connectivity index (χ0n) is 18.5. The number of halogens is 1. The summed E-state index contributed by atoms with van der Waals surface area (Å²) in [6.07, 6.45) is 1.33. The van der Waals surface area contributed by atoms with Gasteiger partial charge in [0.05, 0.1) is 12.1 Å². The van der Waals surface area contributed by atoms with E-state index in [1.165, 1.54) is 35.0 Å². The van der Waals surface area contributed by atoms with Crippen molar-refractivity contribution in [1.82, 2.24) is 29.1 Å². The van der Waals surface area contributed by atoms with Gasteiger partial charge in [0, 0.05) is 32.2 Å². The molecule has 0 aliphatic rings. The van der Waals surface area contributed by atoms with Crippen LogP contribution in [0.25, 0.3) is 11.1 Å². The molecular weight excluding hydrogens is 465 g/mol. The number of urea groups is 1. The molecule has 0 atom stereocenters. The summed E-state index contributed by atoms with van der Waals surface area (Å²) in [6.45, 7) is 1.77. The molecule has 0 saturated heterocycles. The summed E-state index contributed by atoms with van der Waals surface area (Å²) in [4.78, 5) is 47.3. The van der Waals surface area contributed by atoms with Gasteiger partial charge in [0.2, 0.25) is 10.8 Å². The van der Waals surface area contributed by atoms with Gasteiger partial charge in [-0.05, 0) is 24.6 Å². The van der Waals surface area contributed by atoms with Crippen LogP contribution < -0.4 is 16.2 Å². The lowest BCUT2D eigenvalue weighted by molar-refractivity contribution is 0.0782. The fraction of sp³-hybridized carbons (Fsp3) is 0.238. The Morgan fingerprint density at radius 3 is 2.88 bits per heavy atom. The predicted molar refractivity (Wildman–Crippen MR) is 122 cm³/mol. The van der Waals surface area contributed by atoms with Crippen LogP contribution in [0.2, 0.25) is 0 Å². The van der Waals surface area contributed by atoms with Crippen LogP contribution in [-0.2, 0) is 20.1 Å². The van der Waals surface area contributed by atoms with Crippen LogP contribution in [0.1, 0.15) is 27.5 Å². The quantitative estimate of drug-likeness (QED) is 0.428. The Labute approximate surface area is 196 Å². The Kier molecular flexibility index (Phi) is 6.36. The van der Waals surface area contributed by atoms with Gasteiger partial charge in [-0.15, -0.1) is 0 Å². The molecule has 3 amide bonds. The molecule has 4 rings (SSSR count). The van der Waals surface area contributed by atoms with E-state index in [4.69, 9.17) is 4.42 Å². The number of hydrogen-bond donors (Lipinski definition) is 2. The summed E-state index contributed by atoms with van der Waals surface area (Å²) in [6, 6.07) is 5.37. The van der Waals surface area contributed by atoms with Crippen molar-refractivity contribution < 1.29 is 18.4 Å². The number of anilines is 1. The molecule has 0 aliphatic heterocycles. The number of benzene rings is 1. The van der Waals surface area contributed by atoms with Crippen LogP contribution >= 0.6 is 11.5 Å². The molecule has 0 unspecified atom stereocenters. The van der Waals surface area contributed by atoms with Gasteiger partial charge in [-0.25, -0.2) is 19.2 Å². The highest BCUT2D eigenvalue weighted by atomic mass is 32.1. The lowest BCUT2D eigenvalue weighted by Gasteiger charge is -2.14. The van der Waals surface area contributed by atoms with E-state index in [2.05, 4.69) is 25.0 Å². The SMILES string of the molecule is Cc1oc2ncn(C)c(=O)c2c1C(=O)N(C)Cc1nsc(NC(=O)NCc2cccc(F)c2)n1. The number of fused-ring (bicyclic) bond motifs is 1. The summed E-state index contributed by atoms with van der Waals surface area (Å²) < 4.78 is 24.2. The van der Waals surface area contributed by atoms with Gasteiger partial charge < -0.3 is 19.2 Å². The Morgan fingerprint density at radius 1 is 1.32 bits per heavy atom. The number of nitrogens with one attached hydrogen (secondary N) is 2. The number of hydrogen-bond acceptors (Lipinski definition) is 8.